The van der Waals surface area contributed by atoms with Gasteiger partial charge in [0.2, 0.25) is 0 Å². The summed E-state index contributed by atoms with van der Waals surface area (Å²) in [4.78, 5) is 12.2. The Morgan fingerprint density at radius 1 is 0.931 bits per heavy atom. The molecule has 1 aromatic heterocycles. The van der Waals surface area contributed by atoms with Crippen LogP contribution in [-0.2, 0) is 0 Å². The van der Waals surface area contributed by atoms with E-state index in [1.165, 1.54) is 0 Å². The molecule has 0 radical (unpaired) electrons. The Hall–Kier alpha value is -3.61. The Morgan fingerprint density at radius 3 is 2.24 bits per heavy atom. The van der Waals surface area contributed by atoms with Gasteiger partial charge in [-0.25, -0.2) is 0 Å². The Kier molecular flexibility index (Phi) is 6.63. The van der Waals surface area contributed by atoms with E-state index < -0.39 is 0 Å². The van der Waals surface area contributed by atoms with Crippen LogP contribution in [0.15, 0.2) is 54.6 Å². The van der Waals surface area contributed by atoms with Crippen LogP contribution in [0.2, 0.25) is 0 Å². The van der Waals surface area contributed by atoms with Gasteiger partial charge in [-0.15, -0.1) is 10.2 Å². The maximum atomic E-state index is 12.2. The van der Waals surface area contributed by atoms with Gasteiger partial charge in [0.15, 0.2) is 11.5 Å². The monoisotopic (exact) mass is 392 g/mol. The van der Waals surface area contributed by atoms with Crippen LogP contribution in [0.3, 0.4) is 0 Å². The minimum Gasteiger partial charge on any atom is -0.497 e. The van der Waals surface area contributed by atoms with Crippen molar-refractivity contribution in [1.82, 2.24) is 15.5 Å². The maximum Gasteiger partial charge on any atom is 0.271 e. The van der Waals surface area contributed by atoms with E-state index in [4.69, 9.17) is 9.47 Å². The molecule has 29 heavy (non-hydrogen) atoms. The molecule has 7 heteroatoms. The molecule has 150 valence electrons. The standard InChI is InChI=1S/C22H24N4O3/c1-15-12-16(2)14-17(13-15)24-21-9-8-20(25-26-21)22(27)23-10-11-29-19-6-4-18(28-3)5-7-19/h4-9,12-14H,10-11H2,1-3H3,(H,23,27)(H,24,26). The van der Waals surface area contributed by atoms with Gasteiger partial charge in [-0.3, -0.25) is 4.79 Å². The second kappa shape index (κ2) is 9.54. The number of hydrogen-bond acceptors (Lipinski definition) is 6. The summed E-state index contributed by atoms with van der Waals surface area (Å²) < 4.78 is 10.7. The first-order valence-electron chi connectivity index (χ1n) is 9.27. The third kappa shape index (κ3) is 5.93. The van der Waals surface area contributed by atoms with E-state index in [0.29, 0.717) is 24.7 Å². The van der Waals surface area contributed by atoms with Gasteiger partial charge in [-0.2, -0.15) is 0 Å². The number of amides is 1. The molecule has 7 nitrogen and oxygen atoms in total. The minimum atomic E-state index is -0.297. The smallest absolute Gasteiger partial charge is 0.271 e. The quantitative estimate of drug-likeness (QED) is 0.569. The van der Waals surface area contributed by atoms with Crippen molar-refractivity contribution in [2.75, 3.05) is 25.6 Å². The van der Waals surface area contributed by atoms with E-state index in [1.54, 1.807) is 19.2 Å². The molecule has 0 saturated carbocycles. The summed E-state index contributed by atoms with van der Waals surface area (Å²) in [5, 5.41) is 14.0. The minimum absolute atomic E-state index is 0.250. The topological polar surface area (TPSA) is 85.4 Å². The molecular weight excluding hydrogens is 368 g/mol. The van der Waals surface area contributed by atoms with Crippen molar-refractivity contribution in [2.45, 2.75) is 13.8 Å². The number of rotatable bonds is 8. The maximum absolute atomic E-state index is 12.2. The third-order valence-corrected chi connectivity index (χ3v) is 4.11. The van der Waals surface area contributed by atoms with Crippen molar-refractivity contribution in [1.29, 1.82) is 0 Å². The first-order valence-corrected chi connectivity index (χ1v) is 9.27. The lowest BCUT2D eigenvalue weighted by molar-refractivity contribution is 0.0941. The summed E-state index contributed by atoms with van der Waals surface area (Å²) in [6.45, 7) is 4.78. The normalized spacial score (nSPS) is 10.3. The lowest BCUT2D eigenvalue weighted by Crippen LogP contribution is -2.29. The van der Waals surface area contributed by atoms with Crippen LogP contribution in [-0.4, -0.2) is 36.4 Å². The molecule has 0 fully saturated rings. The lowest BCUT2D eigenvalue weighted by atomic mass is 10.1. The van der Waals surface area contributed by atoms with Gasteiger partial charge in [-0.05, 0) is 73.5 Å². The van der Waals surface area contributed by atoms with Crippen LogP contribution in [0.4, 0.5) is 11.5 Å². The number of benzene rings is 2. The zero-order valence-electron chi connectivity index (χ0n) is 16.7. The van der Waals surface area contributed by atoms with E-state index in [-0.39, 0.29) is 11.6 Å². The predicted molar refractivity (Wildman–Crippen MR) is 112 cm³/mol. The van der Waals surface area contributed by atoms with Crippen LogP contribution in [0, 0.1) is 13.8 Å². The van der Waals surface area contributed by atoms with E-state index in [0.717, 1.165) is 22.6 Å². The summed E-state index contributed by atoms with van der Waals surface area (Å²) in [7, 11) is 1.61. The fourth-order valence-corrected chi connectivity index (χ4v) is 2.81. The first kappa shape index (κ1) is 20.1. The van der Waals surface area contributed by atoms with Crippen molar-refractivity contribution < 1.29 is 14.3 Å². The van der Waals surface area contributed by atoms with Gasteiger partial charge in [0.1, 0.15) is 18.1 Å². The van der Waals surface area contributed by atoms with Crippen molar-refractivity contribution in [3.05, 3.63) is 71.4 Å². The number of methoxy groups -OCH3 is 1. The first-order chi connectivity index (χ1) is 14.0. The summed E-state index contributed by atoms with van der Waals surface area (Å²) in [5.74, 6) is 1.75. The fourth-order valence-electron chi connectivity index (χ4n) is 2.81. The molecule has 1 amide bonds. The molecule has 2 N–H and O–H groups in total. The molecule has 0 bridgehead atoms. The van der Waals surface area contributed by atoms with Crippen molar-refractivity contribution in [2.24, 2.45) is 0 Å². The average Bonchev–Trinajstić information content (AvgIpc) is 2.71. The molecule has 3 aromatic rings. The van der Waals surface area contributed by atoms with Crippen LogP contribution in [0.25, 0.3) is 0 Å². The van der Waals surface area contributed by atoms with E-state index in [2.05, 4.69) is 26.9 Å². The summed E-state index contributed by atoms with van der Waals surface area (Å²) >= 11 is 0. The number of anilines is 2. The lowest BCUT2D eigenvalue weighted by Gasteiger charge is -2.09. The van der Waals surface area contributed by atoms with Crippen molar-refractivity contribution in [3.63, 3.8) is 0 Å². The number of nitrogens with zero attached hydrogens (tertiary/aromatic N) is 2. The van der Waals surface area contributed by atoms with Crippen molar-refractivity contribution >= 4 is 17.4 Å². The number of nitrogens with one attached hydrogen (secondary N) is 2. The zero-order chi connectivity index (χ0) is 20.6. The van der Waals surface area contributed by atoms with Gasteiger partial charge < -0.3 is 20.1 Å². The Labute approximate surface area is 170 Å². The number of aromatic nitrogens is 2. The van der Waals surface area contributed by atoms with Gasteiger partial charge in [0.05, 0.1) is 13.7 Å². The van der Waals surface area contributed by atoms with Crippen LogP contribution in [0.1, 0.15) is 21.6 Å². The highest BCUT2D eigenvalue weighted by Crippen LogP contribution is 2.18. The number of carbonyl (C=O) groups is 1. The molecule has 0 aliphatic heterocycles. The molecule has 1 heterocycles. The highest BCUT2D eigenvalue weighted by Gasteiger charge is 2.08. The second-order valence-corrected chi connectivity index (χ2v) is 6.59. The number of carbonyl (C=O) groups excluding carboxylic acids is 1. The Bertz CT molecular complexity index is 937. The van der Waals surface area contributed by atoms with Crippen molar-refractivity contribution in [3.8, 4) is 11.5 Å². The van der Waals surface area contributed by atoms with E-state index >= 15 is 0 Å². The molecule has 0 spiro atoms. The number of aryl methyl sites for hydroxylation is 2. The predicted octanol–water partition coefficient (Wildman–Crippen LogP) is 3.65. The SMILES string of the molecule is COc1ccc(OCCNC(=O)c2ccc(Nc3cc(C)cc(C)c3)nn2)cc1. The summed E-state index contributed by atoms with van der Waals surface area (Å²) in [5.41, 5.74) is 3.51. The van der Waals surface area contributed by atoms with Crippen LogP contribution >= 0.6 is 0 Å². The van der Waals surface area contributed by atoms with Gasteiger partial charge >= 0.3 is 0 Å². The van der Waals surface area contributed by atoms with E-state index in [1.807, 2.05) is 50.2 Å². The van der Waals surface area contributed by atoms with Gasteiger partial charge in [0, 0.05) is 5.69 Å². The van der Waals surface area contributed by atoms with Gasteiger partial charge in [-0.1, -0.05) is 6.07 Å². The molecule has 0 atom stereocenters. The fraction of sp³-hybridized carbons (Fsp3) is 0.227. The summed E-state index contributed by atoms with van der Waals surface area (Å²) in [6.07, 6.45) is 0. The molecule has 2 aromatic carbocycles. The highest BCUT2D eigenvalue weighted by atomic mass is 16.5. The summed E-state index contributed by atoms with van der Waals surface area (Å²) in [6, 6.07) is 16.8. The highest BCUT2D eigenvalue weighted by molar-refractivity contribution is 5.92. The largest absolute Gasteiger partial charge is 0.497 e. The average molecular weight is 392 g/mol. The van der Waals surface area contributed by atoms with Crippen LogP contribution in [0.5, 0.6) is 11.5 Å². The third-order valence-electron chi connectivity index (χ3n) is 4.11. The molecule has 3 rings (SSSR count). The second-order valence-electron chi connectivity index (χ2n) is 6.59. The number of hydrogen-bond donors (Lipinski definition) is 2. The van der Waals surface area contributed by atoms with E-state index in [9.17, 15) is 4.79 Å². The molecule has 0 unspecified atom stereocenters. The Morgan fingerprint density at radius 2 is 1.62 bits per heavy atom. The zero-order valence-corrected chi connectivity index (χ0v) is 16.7. The number of ether oxygens (including phenoxy) is 2. The molecular formula is C22H24N4O3. The Balaban J connectivity index is 1.47. The molecule has 0 aliphatic carbocycles. The molecule has 0 aliphatic rings. The van der Waals surface area contributed by atoms with Gasteiger partial charge in [0.25, 0.3) is 5.91 Å². The van der Waals surface area contributed by atoms with Crippen LogP contribution < -0.4 is 20.1 Å². The molecule has 0 saturated heterocycles.